The van der Waals surface area contributed by atoms with E-state index in [1.807, 2.05) is 0 Å². The van der Waals surface area contributed by atoms with Crippen LogP contribution in [0, 0.1) is 0 Å². The van der Waals surface area contributed by atoms with Crippen LogP contribution in [0.15, 0.2) is 30.3 Å². The quantitative estimate of drug-likeness (QED) is 0.757. The van der Waals surface area contributed by atoms with Crippen LogP contribution in [-0.2, 0) is 10.4 Å². The summed E-state index contributed by atoms with van der Waals surface area (Å²) in [6, 6.07) is 7.56. The third-order valence-electron chi connectivity index (χ3n) is 4.25. The van der Waals surface area contributed by atoms with Gasteiger partial charge in [-0.1, -0.05) is 23.2 Å². The first-order valence-corrected chi connectivity index (χ1v) is 8.35. The fraction of sp³-hybridized carbons (Fsp3) is 0.222. The average Bonchev–Trinajstić information content (AvgIpc) is 2.89. The van der Waals surface area contributed by atoms with Crippen LogP contribution >= 0.6 is 23.2 Å². The van der Waals surface area contributed by atoms with Crippen molar-refractivity contribution >= 4 is 40.6 Å². The Labute approximate surface area is 159 Å². The van der Waals surface area contributed by atoms with Gasteiger partial charge in [-0.25, -0.2) is 0 Å². The third kappa shape index (κ3) is 2.90. The van der Waals surface area contributed by atoms with Crippen molar-refractivity contribution in [1.82, 2.24) is 0 Å². The van der Waals surface area contributed by atoms with Gasteiger partial charge in [0.25, 0.3) is 5.91 Å². The first kappa shape index (κ1) is 18.5. The smallest absolute Gasteiger partial charge is 0.261 e. The Morgan fingerprint density at radius 3 is 2.42 bits per heavy atom. The van der Waals surface area contributed by atoms with Crippen molar-refractivity contribution in [2.24, 2.45) is 0 Å². The van der Waals surface area contributed by atoms with E-state index in [1.165, 1.54) is 38.5 Å². The maximum atomic E-state index is 12.7. The third-order valence-corrected chi connectivity index (χ3v) is 4.88. The number of anilines is 1. The molecule has 0 aromatic heterocycles. The predicted octanol–water partition coefficient (Wildman–Crippen LogP) is 3.42. The highest BCUT2D eigenvalue weighted by Crippen LogP contribution is 2.46. The number of aliphatic hydroxyl groups is 1. The SMILES string of the molecule is COc1ccc(C(=O)CC2(O)C(=O)Nc3c(Cl)ccc(Cl)c32)cc1OC. The molecule has 2 aromatic rings. The monoisotopic (exact) mass is 395 g/mol. The molecule has 136 valence electrons. The van der Waals surface area contributed by atoms with Gasteiger partial charge in [0.1, 0.15) is 0 Å². The molecule has 0 spiro atoms. The maximum absolute atomic E-state index is 12.7. The van der Waals surface area contributed by atoms with E-state index in [2.05, 4.69) is 5.32 Å². The topological polar surface area (TPSA) is 84.9 Å². The highest BCUT2D eigenvalue weighted by Gasteiger charge is 2.49. The van der Waals surface area contributed by atoms with Gasteiger partial charge in [-0.2, -0.15) is 0 Å². The summed E-state index contributed by atoms with van der Waals surface area (Å²) in [4.78, 5) is 25.1. The van der Waals surface area contributed by atoms with Crippen molar-refractivity contribution in [1.29, 1.82) is 0 Å². The zero-order valence-electron chi connectivity index (χ0n) is 13.9. The standard InChI is InChI=1S/C18H15Cl2NO5/c1-25-13-6-3-9(7-14(13)26-2)12(22)8-18(24)15-10(19)4-5-11(20)16(15)21-17(18)23/h3-7,24H,8H2,1-2H3,(H,21,23). The van der Waals surface area contributed by atoms with Crippen LogP contribution in [0.5, 0.6) is 11.5 Å². The highest BCUT2D eigenvalue weighted by atomic mass is 35.5. The first-order valence-electron chi connectivity index (χ1n) is 7.59. The molecule has 1 heterocycles. The predicted molar refractivity (Wildman–Crippen MR) is 97.5 cm³/mol. The fourth-order valence-electron chi connectivity index (χ4n) is 2.92. The molecule has 3 rings (SSSR count). The largest absolute Gasteiger partial charge is 0.493 e. The lowest BCUT2D eigenvalue weighted by Gasteiger charge is -2.21. The van der Waals surface area contributed by atoms with Crippen LogP contribution in [0.2, 0.25) is 10.0 Å². The fourth-order valence-corrected chi connectivity index (χ4v) is 3.44. The van der Waals surface area contributed by atoms with Crippen molar-refractivity contribution in [2.75, 3.05) is 19.5 Å². The maximum Gasteiger partial charge on any atom is 0.261 e. The van der Waals surface area contributed by atoms with E-state index >= 15 is 0 Å². The number of hydrogen-bond donors (Lipinski definition) is 2. The molecule has 1 aliphatic rings. The number of benzene rings is 2. The summed E-state index contributed by atoms with van der Waals surface area (Å²) in [5.41, 5.74) is -1.53. The van der Waals surface area contributed by atoms with Gasteiger partial charge in [0.15, 0.2) is 22.9 Å². The molecule has 0 fully saturated rings. The molecule has 2 aromatic carbocycles. The molecule has 2 N–H and O–H groups in total. The summed E-state index contributed by atoms with van der Waals surface area (Å²) in [6.45, 7) is 0. The van der Waals surface area contributed by atoms with E-state index in [0.29, 0.717) is 11.5 Å². The number of Topliss-reactive ketones (excluding diaryl/α,β-unsaturated/α-hetero) is 1. The molecule has 0 saturated carbocycles. The van der Waals surface area contributed by atoms with E-state index in [1.54, 1.807) is 6.07 Å². The molecule has 0 aliphatic carbocycles. The lowest BCUT2D eigenvalue weighted by atomic mass is 9.88. The molecule has 26 heavy (non-hydrogen) atoms. The summed E-state index contributed by atoms with van der Waals surface area (Å²) in [5, 5.41) is 13.8. The molecule has 1 amide bonds. The van der Waals surface area contributed by atoms with E-state index in [4.69, 9.17) is 32.7 Å². The van der Waals surface area contributed by atoms with Crippen LogP contribution in [0.1, 0.15) is 22.3 Å². The summed E-state index contributed by atoms with van der Waals surface area (Å²) < 4.78 is 10.3. The number of halogens is 2. The minimum atomic E-state index is -2.11. The zero-order valence-corrected chi connectivity index (χ0v) is 15.4. The van der Waals surface area contributed by atoms with E-state index in [9.17, 15) is 14.7 Å². The Bertz CT molecular complexity index is 915. The number of fused-ring (bicyclic) bond motifs is 1. The number of rotatable bonds is 5. The van der Waals surface area contributed by atoms with Crippen LogP contribution in [0.4, 0.5) is 5.69 Å². The second-order valence-electron chi connectivity index (χ2n) is 5.76. The van der Waals surface area contributed by atoms with Crippen molar-refractivity contribution in [3.8, 4) is 11.5 Å². The molecule has 1 aliphatic heterocycles. The molecule has 0 radical (unpaired) electrons. The Hall–Kier alpha value is -2.28. The van der Waals surface area contributed by atoms with Gasteiger partial charge in [-0.3, -0.25) is 9.59 Å². The second-order valence-corrected chi connectivity index (χ2v) is 6.58. The van der Waals surface area contributed by atoms with Gasteiger partial charge in [-0.05, 0) is 30.3 Å². The zero-order chi connectivity index (χ0) is 19.1. The lowest BCUT2D eigenvalue weighted by Crippen LogP contribution is -2.36. The van der Waals surface area contributed by atoms with Gasteiger partial charge in [-0.15, -0.1) is 0 Å². The van der Waals surface area contributed by atoms with Crippen molar-refractivity contribution < 1.29 is 24.2 Å². The lowest BCUT2D eigenvalue weighted by molar-refractivity contribution is -0.133. The van der Waals surface area contributed by atoms with Gasteiger partial charge in [0, 0.05) is 16.1 Å². The van der Waals surface area contributed by atoms with E-state index in [-0.39, 0.29) is 26.9 Å². The van der Waals surface area contributed by atoms with Gasteiger partial charge in [0.2, 0.25) is 0 Å². The molecule has 1 atom stereocenters. The Balaban J connectivity index is 1.98. The van der Waals surface area contributed by atoms with Crippen LogP contribution in [0.25, 0.3) is 0 Å². The highest BCUT2D eigenvalue weighted by molar-refractivity contribution is 6.38. The number of hydrogen-bond acceptors (Lipinski definition) is 5. The van der Waals surface area contributed by atoms with Gasteiger partial charge in [0.05, 0.1) is 31.4 Å². The summed E-state index contributed by atoms with van der Waals surface area (Å²) in [7, 11) is 2.93. The molecule has 0 saturated heterocycles. The Morgan fingerprint density at radius 2 is 1.77 bits per heavy atom. The van der Waals surface area contributed by atoms with Crippen LogP contribution in [-0.4, -0.2) is 31.0 Å². The number of carbonyl (C=O) groups is 2. The first-order chi connectivity index (χ1) is 12.3. The van der Waals surface area contributed by atoms with E-state index < -0.39 is 23.7 Å². The number of methoxy groups -OCH3 is 2. The molecule has 6 nitrogen and oxygen atoms in total. The Morgan fingerprint density at radius 1 is 1.12 bits per heavy atom. The molecule has 8 heteroatoms. The summed E-state index contributed by atoms with van der Waals surface area (Å²) in [6.07, 6.45) is -0.499. The normalized spacial score (nSPS) is 18.3. The second kappa shape index (κ2) is 6.79. The molecular weight excluding hydrogens is 381 g/mol. The molecule has 0 bridgehead atoms. The van der Waals surface area contributed by atoms with Crippen LogP contribution < -0.4 is 14.8 Å². The van der Waals surface area contributed by atoms with Crippen molar-refractivity contribution in [3.63, 3.8) is 0 Å². The van der Waals surface area contributed by atoms with Gasteiger partial charge >= 0.3 is 0 Å². The van der Waals surface area contributed by atoms with Crippen molar-refractivity contribution in [3.05, 3.63) is 51.5 Å². The minimum absolute atomic E-state index is 0.102. The number of ketones is 1. The number of carbonyl (C=O) groups excluding carboxylic acids is 2. The van der Waals surface area contributed by atoms with Gasteiger partial charge < -0.3 is 19.9 Å². The van der Waals surface area contributed by atoms with Crippen molar-refractivity contribution in [2.45, 2.75) is 12.0 Å². The minimum Gasteiger partial charge on any atom is -0.493 e. The van der Waals surface area contributed by atoms with E-state index in [0.717, 1.165) is 0 Å². The average molecular weight is 396 g/mol. The Kier molecular flexibility index (Phi) is 4.84. The number of ether oxygens (including phenoxy) is 2. The van der Waals surface area contributed by atoms with Crippen LogP contribution in [0.3, 0.4) is 0 Å². The summed E-state index contributed by atoms with van der Waals surface area (Å²) >= 11 is 12.2. The number of nitrogens with one attached hydrogen (secondary N) is 1. The number of amides is 1. The molecular formula is C18H15Cl2NO5. The summed E-state index contributed by atoms with van der Waals surface area (Å²) in [5.74, 6) is -0.395. The molecule has 1 unspecified atom stereocenters.